The number of aliphatic hydroxyl groups excluding tert-OH is 1. The number of unbranched alkanes of at least 4 members (excludes halogenated alkanes) is 10. The molecule has 0 aromatic heterocycles. The first-order chi connectivity index (χ1) is 12.4. The van der Waals surface area contributed by atoms with Gasteiger partial charge in [-0.05, 0) is 25.7 Å². The maximum absolute atomic E-state index is 11.4. The minimum Gasteiger partial charge on any atom is -0.748 e. The molecular weight excluding hydrogens is 371 g/mol. The molecule has 4 nitrogen and oxygen atoms in total. The fourth-order valence-corrected chi connectivity index (χ4v) is 4.38. The van der Waals surface area contributed by atoms with E-state index in [9.17, 15) is 18.1 Å². The van der Waals surface area contributed by atoms with E-state index in [4.69, 9.17) is 0 Å². The summed E-state index contributed by atoms with van der Waals surface area (Å²) in [5, 5.41) is 9.30. The molecule has 0 aromatic rings. The standard InChI is InChI=1S/C21H44O4S.Na/c1-3-5-7-9-10-12-16-20(22)17-13-11-15-19-21(26(23,24)25)18-14-8-6-4-2;/h20-22H,3-19H2,1-2H3,(H,23,24,25);/q;+1/p-1. The molecule has 0 amide bonds. The van der Waals surface area contributed by atoms with Gasteiger partial charge in [0.15, 0.2) is 0 Å². The molecule has 0 fully saturated rings. The van der Waals surface area contributed by atoms with Gasteiger partial charge in [0.05, 0.1) is 16.2 Å². The van der Waals surface area contributed by atoms with E-state index in [0.29, 0.717) is 12.8 Å². The molecule has 0 saturated carbocycles. The van der Waals surface area contributed by atoms with Crippen molar-refractivity contribution >= 4 is 10.1 Å². The van der Waals surface area contributed by atoms with Crippen molar-refractivity contribution in [1.82, 2.24) is 0 Å². The molecule has 6 heteroatoms. The van der Waals surface area contributed by atoms with E-state index in [1.807, 2.05) is 0 Å². The smallest absolute Gasteiger partial charge is 0.748 e. The van der Waals surface area contributed by atoms with Crippen molar-refractivity contribution in [3.63, 3.8) is 0 Å². The van der Waals surface area contributed by atoms with Crippen molar-refractivity contribution < 1.29 is 47.6 Å². The van der Waals surface area contributed by atoms with E-state index in [-0.39, 0.29) is 35.7 Å². The van der Waals surface area contributed by atoms with Crippen LogP contribution in [0.4, 0.5) is 0 Å². The Morgan fingerprint density at radius 2 is 1.00 bits per heavy atom. The van der Waals surface area contributed by atoms with Gasteiger partial charge in [0.2, 0.25) is 0 Å². The average molecular weight is 415 g/mol. The van der Waals surface area contributed by atoms with Crippen LogP contribution in [-0.2, 0) is 10.1 Å². The molecule has 158 valence electrons. The van der Waals surface area contributed by atoms with Crippen molar-refractivity contribution in [2.45, 2.75) is 134 Å². The first kappa shape index (κ1) is 30.1. The molecule has 0 heterocycles. The molecule has 0 aliphatic heterocycles. The summed E-state index contributed by atoms with van der Waals surface area (Å²) in [5.41, 5.74) is 0. The summed E-state index contributed by atoms with van der Waals surface area (Å²) in [4.78, 5) is 0. The molecular formula is C21H43NaO4S. The van der Waals surface area contributed by atoms with Crippen LogP contribution in [0.3, 0.4) is 0 Å². The van der Waals surface area contributed by atoms with E-state index in [1.54, 1.807) is 0 Å². The summed E-state index contributed by atoms with van der Waals surface area (Å²) in [6.07, 6.45) is 16.5. The molecule has 0 bridgehead atoms. The second kappa shape index (κ2) is 20.2. The van der Waals surface area contributed by atoms with E-state index in [0.717, 1.165) is 64.2 Å². The van der Waals surface area contributed by atoms with Crippen LogP contribution in [0.25, 0.3) is 0 Å². The second-order valence-corrected chi connectivity index (χ2v) is 9.46. The zero-order valence-corrected chi connectivity index (χ0v) is 21.1. The van der Waals surface area contributed by atoms with Crippen LogP contribution in [0, 0.1) is 0 Å². The second-order valence-electron chi connectivity index (χ2n) is 7.81. The zero-order valence-electron chi connectivity index (χ0n) is 18.3. The topological polar surface area (TPSA) is 77.4 Å². The van der Waals surface area contributed by atoms with E-state index in [2.05, 4.69) is 13.8 Å². The summed E-state index contributed by atoms with van der Waals surface area (Å²) >= 11 is 0. The van der Waals surface area contributed by atoms with Crippen molar-refractivity contribution in [2.24, 2.45) is 0 Å². The first-order valence-corrected chi connectivity index (χ1v) is 12.5. The van der Waals surface area contributed by atoms with Crippen LogP contribution in [0.5, 0.6) is 0 Å². The molecule has 0 radical (unpaired) electrons. The number of hydrogen-bond acceptors (Lipinski definition) is 4. The predicted octanol–water partition coefficient (Wildman–Crippen LogP) is 2.94. The van der Waals surface area contributed by atoms with Crippen molar-refractivity contribution in [3.8, 4) is 0 Å². The number of hydrogen-bond donors (Lipinski definition) is 1. The normalized spacial score (nSPS) is 13.9. The van der Waals surface area contributed by atoms with Crippen LogP contribution >= 0.6 is 0 Å². The summed E-state index contributed by atoms with van der Waals surface area (Å²) < 4.78 is 34.2. The Labute approximate surface area is 191 Å². The minimum absolute atomic E-state index is 0. The zero-order chi connectivity index (χ0) is 19.7. The van der Waals surface area contributed by atoms with Gasteiger partial charge >= 0.3 is 29.6 Å². The predicted molar refractivity (Wildman–Crippen MR) is 109 cm³/mol. The van der Waals surface area contributed by atoms with E-state index >= 15 is 0 Å². The molecule has 27 heavy (non-hydrogen) atoms. The Hall–Kier alpha value is 0.870. The van der Waals surface area contributed by atoms with E-state index in [1.165, 1.54) is 32.1 Å². The van der Waals surface area contributed by atoms with Gasteiger partial charge in [-0.15, -0.1) is 0 Å². The Balaban J connectivity index is 0. The summed E-state index contributed by atoms with van der Waals surface area (Å²) in [6, 6.07) is 0. The van der Waals surface area contributed by atoms with Gasteiger partial charge < -0.3 is 9.66 Å². The minimum atomic E-state index is -4.18. The fraction of sp³-hybridized carbons (Fsp3) is 1.00. The van der Waals surface area contributed by atoms with Gasteiger partial charge in [-0.1, -0.05) is 97.3 Å². The van der Waals surface area contributed by atoms with Crippen molar-refractivity contribution in [2.75, 3.05) is 0 Å². The third-order valence-corrected chi connectivity index (χ3v) is 6.53. The quantitative estimate of drug-likeness (QED) is 0.200. The molecule has 0 saturated heterocycles. The van der Waals surface area contributed by atoms with Crippen LogP contribution in [0.15, 0.2) is 0 Å². The summed E-state index contributed by atoms with van der Waals surface area (Å²) in [6.45, 7) is 4.33. The van der Waals surface area contributed by atoms with Gasteiger partial charge in [0, 0.05) is 5.25 Å². The van der Waals surface area contributed by atoms with Gasteiger partial charge in [-0.25, -0.2) is 8.42 Å². The Bertz CT molecular complexity index is 401. The molecule has 2 atom stereocenters. The average Bonchev–Trinajstić information content (AvgIpc) is 2.58. The first-order valence-electron chi connectivity index (χ1n) is 11.0. The van der Waals surface area contributed by atoms with Gasteiger partial charge in [-0.2, -0.15) is 0 Å². The third kappa shape index (κ3) is 19.9. The van der Waals surface area contributed by atoms with Gasteiger partial charge in [0.25, 0.3) is 0 Å². The number of rotatable bonds is 19. The largest absolute Gasteiger partial charge is 1.00 e. The Morgan fingerprint density at radius 1 is 0.667 bits per heavy atom. The monoisotopic (exact) mass is 414 g/mol. The summed E-state index contributed by atoms with van der Waals surface area (Å²) in [5.74, 6) is 0. The molecule has 0 spiro atoms. The van der Waals surface area contributed by atoms with Gasteiger partial charge in [0.1, 0.15) is 0 Å². The van der Waals surface area contributed by atoms with Crippen LogP contribution in [-0.4, -0.2) is 29.4 Å². The Morgan fingerprint density at radius 3 is 1.44 bits per heavy atom. The van der Waals surface area contributed by atoms with Crippen LogP contribution in [0.1, 0.15) is 123 Å². The van der Waals surface area contributed by atoms with Crippen LogP contribution in [0.2, 0.25) is 0 Å². The van der Waals surface area contributed by atoms with E-state index < -0.39 is 15.4 Å². The molecule has 0 aliphatic rings. The fourth-order valence-electron chi connectivity index (χ4n) is 3.47. The molecule has 2 unspecified atom stereocenters. The summed E-state index contributed by atoms with van der Waals surface area (Å²) in [7, 11) is -4.18. The van der Waals surface area contributed by atoms with Gasteiger partial charge in [-0.3, -0.25) is 0 Å². The van der Waals surface area contributed by atoms with Crippen LogP contribution < -0.4 is 29.6 Å². The SMILES string of the molecule is CCCCCCCCC(O)CCCCCC(CCCCCC)S(=O)(=O)[O-].[Na+]. The molecule has 1 N–H and O–H groups in total. The molecule has 0 aliphatic carbocycles. The molecule has 0 rings (SSSR count). The maximum Gasteiger partial charge on any atom is 1.00 e. The maximum atomic E-state index is 11.4. The number of aliphatic hydroxyl groups is 1. The van der Waals surface area contributed by atoms with Crippen molar-refractivity contribution in [3.05, 3.63) is 0 Å². The third-order valence-electron chi connectivity index (χ3n) is 5.24. The van der Waals surface area contributed by atoms with Crippen molar-refractivity contribution in [1.29, 1.82) is 0 Å². The molecule has 0 aromatic carbocycles. The Kier molecular flexibility index (Phi) is 22.4.